The van der Waals surface area contributed by atoms with Crippen LogP contribution < -0.4 is 10.6 Å². The molecule has 1 aromatic carbocycles. The summed E-state index contributed by atoms with van der Waals surface area (Å²) in [6.07, 6.45) is 0.107. The Balaban J connectivity index is 0.00000364. The molecule has 1 aliphatic rings. The van der Waals surface area contributed by atoms with Crippen molar-refractivity contribution in [1.29, 1.82) is 0 Å². The third-order valence-corrected chi connectivity index (χ3v) is 4.16. The molecule has 0 aromatic heterocycles. The summed E-state index contributed by atoms with van der Waals surface area (Å²) in [6, 6.07) is 1.73. The zero-order valence-electron chi connectivity index (χ0n) is 14.6. The number of ether oxygens (including phenoxy) is 1. The number of aliphatic carboxylic acids is 1. The molecule has 0 unspecified atom stereocenters. The van der Waals surface area contributed by atoms with Crippen molar-refractivity contribution in [3.8, 4) is 0 Å². The number of benzene rings is 1. The van der Waals surface area contributed by atoms with Crippen LogP contribution in [0, 0.1) is 10.1 Å². The van der Waals surface area contributed by atoms with E-state index in [9.17, 15) is 24.5 Å². The highest BCUT2D eigenvalue weighted by Gasteiger charge is 2.33. The number of nitro groups is 1. The Morgan fingerprint density at radius 2 is 2.07 bits per heavy atom. The number of carboxylic acids is 1. The van der Waals surface area contributed by atoms with Crippen LogP contribution >= 0.6 is 0 Å². The Hall–Kier alpha value is -3.05. The van der Waals surface area contributed by atoms with E-state index in [1.54, 1.807) is 6.07 Å². The zero-order chi connectivity index (χ0) is 19.4. The molecule has 5 N–H and O–H groups in total. The SMILES string of the molecule is COC(=O)Cc1cc2c(c([N+](=O)[O-])c1)N(C(=O)CC[C@H](N)C(=O)O)CC2.O. The van der Waals surface area contributed by atoms with Crippen LogP contribution in [0.15, 0.2) is 12.1 Å². The average molecular weight is 383 g/mol. The number of rotatable bonds is 7. The second-order valence-electron chi connectivity index (χ2n) is 5.91. The Labute approximate surface area is 154 Å². The number of esters is 1. The van der Waals surface area contributed by atoms with E-state index < -0.39 is 28.8 Å². The van der Waals surface area contributed by atoms with Crippen molar-refractivity contribution in [2.75, 3.05) is 18.6 Å². The highest BCUT2D eigenvalue weighted by Crippen LogP contribution is 2.38. The number of methoxy groups -OCH3 is 1. The second kappa shape index (κ2) is 9.05. The first kappa shape index (κ1) is 22.0. The quantitative estimate of drug-likeness (QED) is 0.360. The van der Waals surface area contributed by atoms with Crippen LogP contribution in [0.5, 0.6) is 0 Å². The molecular formula is C16H21N3O8. The molecule has 11 nitrogen and oxygen atoms in total. The third-order valence-electron chi connectivity index (χ3n) is 4.16. The van der Waals surface area contributed by atoms with E-state index >= 15 is 0 Å². The first-order valence-electron chi connectivity index (χ1n) is 7.90. The molecule has 11 heteroatoms. The van der Waals surface area contributed by atoms with E-state index in [2.05, 4.69) is 4.74 Å². The predicted octanol–water partition coefficient (Wildman–Crippen LogP) is -0.433. The van der Waals surface area contributed by atoms with Gasteiger partial charge >= 0.3 is 11.9 Å². The monoisotopic (exact) mass is 383 g/mol. The number of hydrogen-bond acceptors (Lipinski definition) is 7. The van der Waals surface area contributed by atoms with Gasteiger partial charge in [0, 0.05) is 19.0 Å². The maximum atomic E-state index is 12.4. The maximum Gasteiger partial charge on any atom is 0.320 e. The van der Waals surface area contributed by atoms with Crippen molar-refractivity contribution in [1.82, 2.24) is 0 Å². The normalized spacial score (nSPS) is 13.3. The summed E-state index contributed by atoms with van der Waals surface area (Å²) in [7, 11) is 1.23. The highest BCUT2D eigenvalue weighted by atomic mass is 16.6. The van der Waals surface area contributed by atoms with E-state index in [0.717, 1.165) is 0 Å². The largest absolute Gasteiger partial charge is 0.480 e. The van der Waals surface area contributed by atoms with Gasteiger partial charge in [-0.2, -0.15) is 0 Å². The highest BCUT2D eigenvalue weighted by molar-refractivity contribution is 5.98. The number of carbonyl (C=O) groups excluding carboxylic acids is 2. The van der Waals surface area contributed by atoms with Crippen LogP contribution in [0.4, 0.5) is 11.4 Å². The van der Waals surface area contributed by atoms with Gasteiger partial charge in [0.15, 0.2) is 0 Å². The van der Waals surface area contributed by atoms with Crippen LogP contribution in [-0.4, -0.2) is 53.0 Å². The number of amides is 1. The van der Waals surface area contributed by atoms with Gasteiger partial charge in [0.1, 0.15) is 11.7 Å². The maximum absolute atomic E-state index is 12.4. The molecule has 27 heavy (non-hydrogen) atoms. The standard InChI is InChI=1S/C16H19N3O7.H2O/c1-26-14(21)8-9-6-10-4-5-18(15(10)12(7-9)19(24)25)13(20)3-2-11(17)16(22)23;/h6-7,11H,2-5,8,17H2,1H3,(H,22,23);1H2/t11-;/m0./s1. The molecule has 0 fully saturated rings. The number of fused-ring (bicyclic) bond motifs is 1. The Morgan fingerprint density at radius 3 is 2.63 bits per heavy atom. The molecule has 1 amide bonds. The molecule has 1 aliphatic heterocycles. The van der Waals surface area contributed by atoms with Crippen LogP contribution in [0.25, 0.3) is 0 Å². The number of carboxylic acid groups (broad SMARTS) is 1. The summed E-state index contributed by atoms with van der Waals surface area (Å²) in [5.41, 5.74) is 6.34. The van der Waals surface area contributed by atoms with E-state index in [1.165, 1.54) is 18.1 Å². The number of hydrogen-bond donors (Lipinski definition) is 2. The Morgan fingerprint density at radius 1 is 1.41 bits per heavy atom. The Kier molecular flexibility index (Phi) is 7.37. The lowest BCUT2D eigenvalue weighted by atomic mass is 10.0. The van der Waals surface area contributed by atoms with Crippen molar-refractivity contribution >= 4 is 29.2 Å². The summed E-state index contributed by atoms with van der Waals surface area (Å²) >= 11 is 0. The molecule has 0 saturated carbocycles. The van der Waals surface area contributed by atoms with E-state index in [1.807, 2.05) is 0 Å². The fourth-order valence-corrected chi connectivity index (χ4v) is 2.86. The molecule has 0 saturated heterocycles. The van der Waals surface area contributed by atoms with Crippen LogP contribution in [0.2, 0.25) is 0 Å². The minimum absolute atomic E-state index is 0. The van der Waals surface area contributed by atoms with Gasteiger partial charge in [-0.15, -0.1) is 0 Å². The third kappa shape index (κ3) is 4.99. The molecule has 0 bridgehead atoms. The number of nitro benzene ring substituents is 1. The fourth-order valence-electron chi connectivity index (χ4n) is 2.86. The number of carbonyl (C=O) groups is 3. The van der Waals surface area contributed by atoms with Gasteiger partial charge < -0.3 is 26.0 Å². The van der Waals surface area contributed by atoms with E-state index in [-0.39, 0.29) is 42.7 Å². The van der Waals surface area contributed by atoms with Gasteiger partial charge in [-0.1, -0.05) is 6.07 Å². The summed E-state index contributed by atoms with van der Waals surface area (Å²) in [6.45, 7) is 0.249. The molecule has 0 aliphatic carbocycles. The first-order chi connectivity index (χ1) is 12.2. The molecule has 0 spiro atoms. The first-order valence-corrected chi connectivity index (χ1v) is 7.90. The van der Waals surface area contributed by atoms with Crippen molar-refractivity contribution in [3.63, 3.8) is 0 Å². The summed E-state index contributed by atoms with van der Waals surface area (Å²) in [4.78, 5) is 46.7. The molecule has 1 aromatic rings. The van der Waals surface area contributed by atoms with Gasteiger partial charge in [-0.05, 0) is 24.0 Å². The second-order valence-corrected chi connectivity index (χ2v) is 5.91. The van der Waals surface area contributed by atoms with E-state index in [0.29, 0.717) is 17.5 Å². The summed E-state index contributed by atoms with van der Waals surface area (Å²) in [5.74, 6) is -2.16. The van der Waals surface area contributed by atoms with Crippen molar-refractivity contribution < 1.29 is 34.6 Å². The van der Waals surface area contributed by atoms with Gasteiger partial charge in [-0.3, -0.25) is 24.5 Å². The number of nitrogens with two attached hydrogens (primary N) is 1. The Bertz CT molecular complexity index is 764. The molecule has 1 heterocycles. The van der Waals surface area contributed by atoms with Crippen molar-refractivity contribution in [2.24, 2.45) is 5.73 Å². The molecular weight excluding hydrogens is 362 g/mol. The molecule has 0 radical (unpaired) electrons. The smallest absolute Gasteiger partial charge is 0.320 e. The molecule has 1 atom stereocenters. The topological polar surface area (TPSA) is 185 Å². The average Bonchev–Trinajstić information content (AvgIpc) is 3.02. The summed E-state index contributed by atoms with van der Waals surface area (Å²) < 4.78 is 4.57. The van der Waals surface area contributed by atoms with Gasteiger partial charge in [0.05, 0.1) is 18.5 Å². The van der Waals surface area contributed by atoms with Crippen LogP contribution in [0.1, 0.15) is 24.0 Å². The van der Waals surface area contributed by atoms with Crippen molar-refractivity contribution in [2.45, 2.75) is 31.7 Å². The minimum atomic E-state index is -1.21. The number of anilines is 1. The van der Waals surface area contributed by atoms with E-state index in [4.69, 9.17) is 10.8 Å². The molecule has 148 valence electrons. The van der Waals surface area contributed by atoms with Crippen LogP contribution in [-0.2, 0) is 32.0 Å². The van der Waals surface area contributed by atoms with Gasteiger partial charge in [0.2, 0.25) is 5.91 Å². The lowest BCUT2D eigenvalue weighted by molar-refractivity contribution is -0.384. The minimum Gasteiger partial charge on any atom is -0.480 e. The lowest BCUT2D eigenvalue weighted by Crippen LogP contribution is -2.34. The predicted molar refractivity (Wildman–Crippen MR) is 93.3 cm³/mol. The summed E-state index contributed by atoms with van der Waals surface area (Å²) in [5, 5.41) is 20.2. The van der Waals surface area contributed by atoms with Crippen LogP contribution in [0.3, 0.4) is 0 Å². The number of nitrogens with zero attached hydrogens (tertiary/aromatic N) is 2. The molecule has 2 rings (SSSR count). The van der Waals surface area contributed by atoms with Crippen molar-refractivity contribution in [3.05, 3.63) is 33.4 Å². The fraction of sp³-hybridized carbons (Fsp3) is 0.438. The van der Waals surface area contributed by atoms with Gasteiger partial charge in [0.25, 0.3) is 5.69 Å². The van der Waals surface area contributed by atoms with Gasteiger partial charge in [-0.25, -0.2) is 0 Å². The zero-order valence-corrected chi connectivity index (χ0v) is 14.6. The lowest BCUT2D eigenvalue weighted by Gasteiger charge is -2.18.